The Morgan fingerprint density at radius 3 is 2.78 bits per heavy atom. The fraction of sp³-hybridized carbons (Fsp3) is 0.357. The SMILES string of the molecule is CCc1nn(C)c(CSc2cccc(C)c2)c1Br. The Balaban J connectivity index is 2.13. The Kier molecular flexibility index (Phi) is 4.51. The van der Waals surface area contributed by atoms with Gasteiger partial charge in [-0.1, -0.05) is 24.6 Å². The van der Waals surface area contributed by atoms with Gasteiger partial charge in [0, 0.05) is 17.7 Å². The Bertz CT molecular complexity index is 549. The van der Waals surface area contributed by atoms with Crippen molar-refractivity contribution < 1.29 is 0 Å². The average Bonchev–Trinajstić information content (AvgIpc) is 2.62. The van der Waals surface area contributed by atoms with Crippen molar-refractivity contribution in [1.82, 2.24) is 9.78 Å². The number of nitrogens with zero attached hydrogens (tertiary/aromatic N) is 2. The van der Waals surface area contributed by atoms with Crippen LogP contribution in [0.5, 0.6) is 0 Å². The molecule has 0 saturated heterocycles. The Labute approximate surface area is 121 Å². The molecule has 2 aromatic rings. The van der Waals surface area contributed by atoms with Gasteiger partial charge in [0.2, 0.25) is 0 Å². The molecule has 0 aliphatic rings. The van der Waals surface area contributed by atoms with Crippen LogP contribution in [0.2, 0.25) is 0 Å². The molecule has 0 aliphatic heterocycles. The summed E-state index contributed by atoms with van der Waals surface area (Å²) in [7, 11) is 2.01. The molecule has 2 nitrogen and oxygen atoms in total. The van der Waals surface area contributed by atoms with E-state index >= 15 is 0 Å². The summed E-state index contributed by atoms with van der Waals surface area (Å²) >= 11 is 5.50. The highest BCUT2D eigenvalue weighted by molar-refractivity contribution is 9.10. The van der Waals surface area contributed by atoms with Crippen LogP contribution >= 0.6 is 27.7 Å². The van der Waals surface area contributed by atoms with Crippen LogP contribution in [0.1, 0.15) is 23.9 Å². The van der Waals surface area contributed by atoms with Gasteiger partial charge in [-0.2, -0.15) is 5.10 Å². The normalized spacial score (nSPS) is 10.9. The molecule has 18 heavy (non-hydrogen) atoms. The molecule has 2 rings (SSSR count). The molecule has 0 radical (unpaired) electrons. The van der Waals surface area contributed by atoms with E-state index in [1.54, 1.807) is 0 Å². The molecular weight excluding hydrogens is 308 g/mol. The smallest absolute Gasteiger partial charge is 0.0767 e. The lowest BCUT2D eigenvalue weighted by atomic mass is 10.2. The van der Waals surface area contributed by atoms with Crippen LogP contribution in [0.25, 0.3) is 0 Å². The lowest BCUT2D eigenvalue weighted by Crippen LogP contribution is -1.96. The summed E-state index contributed by atoms with van der Waals surface area (Å²) < 4.78 is 3.14. The van der Waals surface area contributed by atoms with Crippen molar-refractivity contribution in [1.29, 1.82) is 0 Å². The highest BCUT2D eigenvalue weighted by Gasteiger charge is 2.12. The van der Waals surface area contributed by atoms with Crippen molar-refractivity contribution in [2.24, 2.45) is 7.05 Å². The maximum atomic E-state index is 4.51. The van der Waals surface area contributed by atoms with E-state index in [4.69, 9.17) is 0 Å². The number of thioether (sulfide) groups is 1. The number of halogens is 1. The number of hydrogen-bond acceptors (Lipinski definition) is 2. The third-order valence-electron chi connectivity index (χ3n) is 2.87. The van der Waals surface area contributed by atoms with Crippen molar-refractivity contribution in [3.63, 3.8) is 0 Å². The molecule has 0 N–H and O–H groups in total. The van der Waals surface area contributed by atoms with Crippen LogP contribution in [0.4, 0.5) is 0 Å². The summed E-state index contributed by atoms with van der Waals surface area (Å²) in [6.45, 7) is 4.25. The van der Waals surface area contributed by atoms with E-state index in [0.717, 1.165) is 22.3 Å². The average molecular weight is 325 g/mol. The lowest BCUT2D eigenvalue weighted by Gasteiger charge is -2.04. The minimum atomic E-state index is 0.938. The summed E-state index contributed by atoms with van der Waals surface area (Å²) in [5.74, 6) is 0.938. The topological polar surface area (TPSA) is 17.8 Å². The number of aryl methyl sites for hydroxylation is 3. The molecule has 0 spiro atoms. The molecular formula is C14H17BrN2S. The van der Waals surface area contributed by atoms with Gasteiger partial charge in [-0.25, -0.2) is 0 Å². The molecule has 1 aromatic carbocycles. The molecule has 4 heteroatoms. The highest BCUT2D eigenvalue weighted by atomic mass is 79.9. The van der Waals surface area contributed by atoms with E-state index in [1.165, 1.54) is 16.2 Å². The predicted octanol–water partition coefficient (Wildman–Crippen LogP) is 4.35. The Morgan fingerprint density at radius 2 is 2.17 bits per heavy atom. The fourth-order valence-electron chi connectivity index (χ4n) is 1.83. The lowest BCUT2D eigenvalue weighted by molar-refractivity contribution is 0.719. The van der Waals surface area contributed by atoms with Crippen LogP contribution in [-0.2, 0) is 19.2 Å². The van der Waals surface area contributed by atoms with Crippen LogP contribution in [0, 0.1) is 6.92 Å². The molecule has 0 saturated carbocycles. The van der Waals surface area contributed by atoms with Gasteiger partial charge >= 0.3 is 0 Å². The highest BCUT2D eigenvalue weighted by Crippen LogP contribution is 2.29. The zero-order valence-electron chi connectivity index (χ0n) is 10.9. The Hall–Kier alpha value is -0.740. The third kappa shape index (κ3) is 2.98. The van der Waals surface area contributed by atoms with Crippen LogP contribution in [-0.4, -0.2) is 9.78 Å². The standard InChI is InChI=1S/C14H17BrN2S/c1-4-12-14(15)13(17(3)16-12)9-18-11-7-5-6-10(2)8-11/h5-8H,4,9H2,1-3H3. The van der Waals surface area contributed by atoms with E-state index in [9.17, 15) is 0 Å². The summed E-state index contributed by atoms with van der Waals surface area (Å²) in [6, 6.07) is 8.60. The van der Waals surface area contributed by atoms with Crippen LogP contribution in [0.3, 0.4) is 0 Å². The van der Waals surface area contributed by atoms with E-state index in [1.807, 2.05) is 23.5 Å². The summed E-state index contributed by atoms with van der Waals surface area (Å²) in [6.07, 6.45) is 0.962. The minimum Gasteiger partial charge on any atom is -0.270 e. The number of hydrogen-bond donors (Lipinski definition) is 0. The number of benzene rings is 1. The third-order valence-corrected chi connectivity index (χ3v) is 4.79. The molecule has 0 amide bonds. The van der Waals surface area contributed by atoms with Crippen LogP contribution < -0.4 is 0 Å². The van der Waals surface area contributed by atoms with Gasteiger partial charge in [-0.3, -0.25) is 4.68 Å². The molecule has 0 atom stereocenters. The first-order valence-electron chi connectivity index (χ1n) is 6.01. The first kappa shape index (κ1) is 13.7. The maximum Gasteiger partial charge on any atom is 0.0767 e. The van der Waals surface area contributed by atoms with Gasteiger partial charge in [-0.05, 0) is 41.4 Å². The zero-order valence-corrected chi connectivity index (χ0v) is 13.3. The number of aromatic nitrogens is 2. The molecule has 0 aliphatic carbocycles. The quantitative estimate of drug-likeness (QED) is 0.778. The second-order valence-electron chi connectivity index (χ2n) is 4.29. The van der Waals surface area contributed by atoms with Crippen molar-refractivity contribution in [2.75, 3.05) is 0 Å². The van der Waals surface area contributed by atoms with Gasteiger partial charge in [0.1, 0.15) is 0 Å². The molecule has 1 heterocycles. The zero-order chi connectivity index (χ0) is 13.1. The van der Waals surface area contributed by atoms with E-state index in [-0.39, 0.29) is 0 Å². The van der Waals surface area contributed by atoms with Crippen molar-refractivity contribution in [2.45, 2.75) is 30.9 Å². The Morgan fingerprint density at radius 1 is 1.39 bits per heavy atom. The van der Waals surface area contributed by atoms with E-state index in [2.05, 4.69) is 59.1 Å². The minimum absolute atomic E-state index is 0.938. The fourth-order valence-corrected chi connectivity index (χ4v) is 3.85. The van der Waals surface area contributed by atoms with Gasteiger partial charge in [0.05, 0.1) is 15.9 Å². The first-order chi connectivity index (χ1) is 8.61. The van der Waals surface area contributed by atoms with Gasteiger partial charge < -0.3 is 0 Å². The first-order valence-corrected chi connectivity index (χ1v) is 7.79. The largest absolute Gasteiger partial charge is 0.270 e. The van der Waals surface area contributed by atoms with E-state index in [0.29, 0.717) is 0 Å². The van der Waals surface area contributed by atoms with Gasteiger partial charge in [0.15, 0.2) is 0 Å². The van der Waals surface area contributed by atoms with Gasteiger partial charge in [0.25, 0.3) is 0 Å². The second kappa shape index (κ2) is 5.93. The summed E-state index contributed by atoms with van der Waals surface area (Å²) in [5, 5.41) is 4.51. The molecule has 0 unspecified atom stereocenters. The van der Waals surface area contributed by atoms with Crippen LogP contribution in [0.15, 0.2) is 33.6 Å². The molecule has 1 aromatic heterocycles. The van der Waals surface area contributed by atoms with Crippen molar-refractivity contribution in [3.05, 3.63) is 45.7 Å². The maximum absolute atomic E-state index is 4.51. The summed E-state index contributed by atoms with van der Waals surface area (Å²) in [4.78, 5) is 1.31. The predicted molar refractivity (Wildman–Crippen MR) is 81.0 cm³/mol. The second-order valence-corrected chi connectivity index (χ2v) is 6.13. The van der Waals surface area contributed by atoms with Crippen molar-refractivity contribution >= 4 is 27.7 Å². The summed E-state index contributed by atoms with van der Waals surface area (Å²) in [5.41, 5.74) is 3.69. The number of rotatable bonds is 4. The monoisotopic (exact) mass is 324 g/mol. The van der Waals surface area contributed by atoms with Gasteiger partial charge in [-0.15, -0.1) is 11.8 Å². The molecule has 96 valence electrons. The van der Waals surface area contributed by atoms with E-state index < -0.39 is 0 Å². The molecule has 0 bridgehead atoms. The molecule has 0 fully saturated rings. The van der Waals surface area contributed by atoms with Crippen molar-refractivity contribution in [3.8, 4) is 0 Å².